The number of nitrogens with two attached hydrogens (primary N) is 1. The van der Waals surface area contributed by atoms with Gasteiger partial charge in [0.15, 0.2) is 11.0 Å². The normalized spacial score (nSPS) is 12.0. The van der Waals surface area contributed by atoms with Gasteiger partial charge in [0.2, 0.25) is 5.91 Å². The van der Waals surface area contributed by atoms with Gasteiger partial charge in [-0.1, -0.05) is 35.5 Å². The fraction of sp³-hybridized carbons (Fsp3) is 0.231. The summed E-state index contributed by atoms with van der Waals surface area (Å²) in [5.41, 5.74) is 5.67. The molecular weight excluding hydrogens is 326 g/mol. The van der Waals surface area contributed by atoms with Gasteiger partial charge in [-0.3, -0.25) is 10.1 Å². The van der Waals surface area contributed by atoms with Gasteiger partial charge >= 0.3 is 6.03 Å². The molecule has 1 atom stereocenters. The molecule has 1 heterocycles. The molecule has 0 saturated carbocycles. The van der Waals surface area contributed by atoms with E-state index in [-0.39, 0.29) is 0 Å². The first-order valence-electron chi connectivity index (χ1n) is 6.31. The van der Waals surface area contributed by atoms with Crippen LogP contribution in [-0.4, -0.2) is 32.0 Å². The highest BCUT2D eigenvalue weighted by Gasteiger charge is 2.20. The fourth-order valence-corrected chi connectivity index (χ4v) is 2.76. The lowest BCUT2D eigenvalue weighted by atomic mass is 10.2. The number of carbonyl (C=O) groups is 2. The monoisotopic (exact) mass is 339 g/mol. The van der Waals surface area contributed by atoms with Crippen LogP contribution in [0.1, 0.15) is 6.92 Å². The molecule has 0 fully saturated rings. The number of hydrogen-bond donors (Lipinski definition) is 2. The Morgan fingerprint density at radius 3 is 2.68 bits per heavy atom. The summed E-state index contributed by atoms with van der Waals surface area (Å²) in [6.45, 7) is 1.65. The minimum absolute atomic E-state index is 0.486. The average Bonchev–Trinajstić information content (AvgIpc) is 2.80. The van der Waals surface area contributed by atoms with E-state index in [4.69, 9.17) is 17.3 Å². The molecule has 1 unspecified atom stereocenters. The number of amides is 3. The summed E-state index contributed by atoms with van der Waals surface area (Å²) in [5.74, 6) is 0.107. The van der Waals surface area contributed by atoms with Crippen LogP contribution in [0.4, 0.5) is 4.79 Å². The molecule has 0 radical (unpaired) electrons. The predicted molar refractivity (Wildman–Crippen MR) is 84.5 cm³/mol. The lowest BCUT2D eigenvalue weighted by Crippen LogP contribution is -2.39. The van der Waals surface area contributed by atoms with Gasteiger partial charge in [-0.2, -0.15) is 0 Å². The maximum Gasteiger partial charge on any atom is 0.318 e. The molecule has 1 aromatic carbocycles. The van der Waals surface area contributed by atoms with Gasteiger partial charge in [-0.05, 0) is 19.1 Å². The molecule has 0 spiro atoms. The molecule has 0 aliphatic rings. The molecule has 3 N–H and O–H groups in total. The second kappa shape index (κ2) is 6.80. The zero-order valence-corrected chi connectivity index (χ0v) is 13.5. The van der Waals surface area contributed by atoms with Gasteiger partial charge in [-0.25, -0.2) is 4.79 Å². The van der Waals surface area contributed by atoms with Gasteiger partial charge in [0.25, 0.3) is 0 Å². The molecule has 0 aliphatic carbocycles. The van der Waals surface area contributed by atoms with Gasteiger partial charge < -0.3 is 10.3 Å². The van der Waals surface area contributed by atoms with E-state index in [1.165, 1.54) is 11.8 Å². The largest absolute Gasteiger partial charge is 0.351 e. The Morgan fingerprint density at radius 1 is 1.36 bits per heavy atom. The van der Waals surface area contributed by atoms with E-state index in [2.05, 4.69) is 10.2 Å². The maximum atomic E-state index is 11.7. The average molecular weight is 340 g/mol. The molecule has 7 nitrogen and oxygen atoms in total. The fourth-order valence-electron chi connectivity index (χ4n) is 1.73. The van der Waals surface area contributed by atoms with Gasteiger partial charge in [-0.15, -0.1) is 10.2 Å². The number of thioether (sulfide) groups is 1. The van der Waals surface area contributed by atoms with Crippen LogP contribution in [0, 0.1) is 0 Å². The number of urea groups is 1. The third kappa shape index (κ3) is 3.58. The Labute approximate surface area is 136 Å². The van der Waals surface area contributed by atoms with Crippen molar-refractivity contribution in [3.05, 3.63) is 29.3 Å². The van der Waals surface area contributed by atoms with E-state index in [9.17, 15) is 9.59 Å². The van der Waals surface area contributed by atoms with Crippen molar-refractivity contribution in [2.45, 2.75) is 17.3 Å². The number of hydrogen-bond acceptors (Lipinski definition) is 5. The van der Waals surface area contributed by atoms with Gasteiger partial charge in [0, 0.05) is 12.6 Å². The lowest BCUT2D eigenvalue weighted by molar-refractivity contribution is -0.119. The first kappa shape index (κ1) is 16.3. The van der Waals surface area contributed by atoms with Crippen LogP contribution < -0.4 is 11.1 Å². The summed E-state index contributed by atoms with van der Waals surface area (Å²) in [5, 5.41) is 10.7. The van der Waals surface area contributed by atoms with Gasteiger partial charge in [0.05, 0.1) is 10.3 Å². The third-order valence-corrected chi connectivity index (χ3v) is 4.31. The molecule has 116 valence electrons. The summed E-state index contributed by atoms with van der Waals surface area (Å²) in [6.07, 6.45) is 0. The molecule has 2 rings (SSSR count). The van der Waals surface area contributed by atoms with E-state index in [1.807, 2.05) is 23.5 Å². The Bertz CT molecular complexity index is 718. The predicted octanol–water partition coefficient (Wildman–Crippen LogP) is 1.81. The molecule has 22 heavy (non-hydrogen) atoms. The van der Waals surface area contributed by atoms with Crippen molar-refractivity contribution in [1.29, 1.82) is 0 Å². The number of nitrogens with one attached hydrogen (secondary N) is 1. The highest BCUT2D eigenvalue weighted by atomic mass is 35.5. The zero-order chi connectivity index (χ0) is 16.3. The van der Waals surface area contributed by atoms with Crippen LogP contribution in [-0.2, 0) is 11.8 Å². The number of aromatic nitrogens is 3. The van der Waals surface area contributed by atoms with Crippen molar-refractivity contribution < 1.29 is 9.59 Å². The van der Waals surface area contributed by atoms with E-state index in [0.29, 0.717) is 16.0 Å². The number of rotatable bonds is 4. The van der Waals surface area contributed by atoms with Crippen LogP contribution in [0.25, 0.3) is 11.4 Å². The maximum absolute atomic E-state index is 11.7. The summed E-state index contributed by atoms with van der Waals surface area (Å²) in [6, 6.07) is 6.40. The molecule has 0 bridgehead atoms. The molecule has 2 aromatic rings. The summed E-state index contributed by atoms with van der Waals surface area (Å²) in [7, 11) is 1.78. The zero-order valence-electron chi connectivity index (χ0n) is 11.9. The summed E-state index contributed by atoms with van der Waals surface area (Å²) in [4.78, 5) is 22.4. The standard InChI is InChI=1S/C13H14ClN5O2S/c1-7(11(20)16-12(15)21)22-13-18-17-10(19(13)2)8-5-3-4-6-9(8)14/h3-7H,1-2H3,(H3,15,16,20,21). The minimum Gasteiger partial charge on any atom is -0.351 e. The number of benzene rings is 1. The molecule has 3 amide bonds. The first-order valence-corrected chi connectivity index (χ1v) is 7.57. The van der Waals surface area contributed by atoms with E-state index in [0.717, 1.165) is 5.56 Å². The summed E-state index contributed by atoms with van der Waals surface area (Å²) >= 11 is 7.32. The number of primary amides is 1. The highest BCUT2D eigenvalue weighted by molar-refractivity contribution is 8.00. The first-order chi connectivity index (χ1) is 10.4. The molecule has 1 aromatic heterocycles. The second-order valence-electron chi connectivity index (χ2n) is 4.46. The van der Waals surface area contributed by atoms with Crippen LogP contribution in [0.2, 0.25) is 5.02 Å². The van der Waals surface area contributed by atoms with Crippen LogP contribution in [0.3, 0.4) is 0 Å². The Morgan fingerprint density at radius 2 is 2.05 bits per heavy atom. The Balaban J connectivity index is 2.20. The van der Waals surface area contributed by atoms with Crippen molar-refractivity contribution in [1.82, 2.24) is 20.1 Å². The van der Waals surface area contributed by atoms with Crippen molar-refractivity contribution in [2.75, 3.05) is 0 Å². The number of carbonyl (C=O) groups excluding carboxylic acids is 2. The molecule has 9 heteroatoms. The van der Waals surface area contributed by atoms with Crippen LogP contribution in [0.5, 0.6) is 0 Å². The molecule has 0 saturated heterocycles. The minimum atomic E-state index is -0.882. The van der Waals surface area contributed by atoms with Crippen molar-refractivity contribution >= 4 is 35.3 Å². The van der Waals surface area contributed by atoms with Crippen molar-refractivity contribution in [2.24, 2.45) is 12.8 Å². The lowest BCUT2D eigenvalue weighted by Gasteiger charge is -2.10. The quantitative estimate of drug-likeness (QED) is 0.827. The topological polar surface area (TPSA) is 103 Å². The van der Waals surface area contributed by atoms with Crippen molar-refractivity contribution in [3.8, 4) is 11.4 Å². The Hall–Kier alpha value is -2.06. The van der Waals surface area contributed by atoms with Gasteiger partial charge in [0.1, 0.15) is 0 Å². The van der Waals surface area contributed by atoms with Crippen molar-refractivity contribution in [3.63, 3.8) is 0 Å². The molecular formula is C13H14ClN5O2S. The highest BCUT2D eigenvalue weighted by Crippen LogP contribution is 2.29. The smallest absolute Gasteiger partial charge is 0.318 e. The molecule has 0 aliphatic heterocycles. The number of imide groups is 1. The number of halogens is 1. The Kier molecular flexibility index (Phi) is 5.04. The summed E-state index contributed by atoms with van der Waals surface area (Å²) < 4.78 is 1.74. The van der Waals surface area contributed by atoms with E-state index in [1.54, 1.807) is 24.6 Å². The third-order valence-electron chi connectivity index (χ3n) is 2.85. The van der Waals surface area contributed by atoms with E-state index >= 15 is 0 Å². The second-order valence-corrected chi connectivity index (χ2v) is 6.17. The SMILES string of the molecule is CC(Sc1nnc(-c2ccccc2Cl)n1C)C(=O)NC(N)=O. The van der Waals surface area contributed by atoms with E-state index < -0.39 is 17.2 Å². The van der Waals surface area contributed by atoms with Crippen LogP contribution in [0.15, 0.2) is 29.4 Å². The van der Waals surface area contributed by atoms with Crippen LogP contribution >= 0.6 is 23.4 Å². The number of nitrogens with zero attached hydrogens (tertiary/aromatic N) is 3.